The minimum Gasteiger partial charge on any atom is -0.321 e. The first kappa shape index (κ1) is 15.4. The third-order valence-corrected chi connectivity index (χ3v) is 5.41. The summed E-state index contributed by atoms with van der Waals surface area (Å²) in [5.41, 5.74) is 2.56. The number of halogens is 2. The van der Waals surface area contributed by atoms with Gasteiger partial charge in [0.15, 0.2) is 0 Å². The van der Waals surface area contributed by atoms with Crippen LogP contribution in [0.3, 0.4) is 0 Å². The summed E-state index contributed by atoms with van der Waals surface area (Å²) < 4.78 is 0. The van der Waals surface area contributed by atoms with Crippen molar-refractivity contribution in [3.05, 3.63) is 74.3 Å². The molecule has 6 heteroatoms. The van der Waals surface area contributed by atoms with Crippen molar-refractivity contribution < 1.29 is 0 Å². The van der Waals surface area contributed by atoms with Crippen molar-refractivity contribution in [3.63, 3.8) is 0 Å². The Labute approximate surface area is 151 Å². The predicted molar refractivity (Wildman–Crippen MR) is 101 cm³/mol. The minimum atomic E-state index is -0.164. The highest BCUT2D eigenvalue weighted by Gasteiger charge is 2.14. The number of aromatic amines is 1. The summed E-state index contributed by atoms with van der Waals surface area (Å²) in [5, 5.41) is 4.49. The summed E-state index contributed by atoms with van der Waals surface area (Å²) in [7, 11) is 0. The van der Waals surface area contributed by atoms with E-state index in [1.807, 2.05) is 47.8 Å². The van der Waals surface area contributed by atoms with E-state index in [4.69, 9.17) is 23.2 Å². The zero-order valence-corrected chi connectivity index (χ0v) is 14.5. The number of hydrogen-bond acceptors (Lipinski definition) is 3. The van der Waals surface area contributed by atoms with E-state index in [-0.39, 0.29) is 5.56 Å². The molecule has 2 aromatic carbocycles. The second-order valence-electron chi connectivity index (χ2n) is 5.24. The maximum Gasteiger partial charge on any atom is 0.257 e. The third kappa shape index (κ3) is 2.63. The number of aromatic nitrogens is 2. The summed E-state index contributed by atoms with van der Waals surface area (Å²) in [4.78, 5) is 19.8. The van der Waals surface area contributed by atoms with E-state index in [1.165, 1.54) is 11.3 Å². The lowest BCUT2D eigenvalue weighted by Gasteiger charge is -2.02. The predicted octanol–water partition coefficient (Wildman–Crippen LogP) is 5.63. The maximum absolute atomic E-state index is 12.4. The van der Waals surface area contributed by atoms with Crippen LogP contribution < -0.4 is 5.56 Å². The third-order valence-electron chi connectivity index (χ3n) is 3.72. The monoisotopic (exact) mass is 372 g/mol. The van der Waals surface area contributed by atoms with Crippen LogP contribution in [0.2, 0.25) is 10.0 Å². The Bertz CT molecular complexity index is 1120. The van der Waals surface area contributed by atoms with Gasteiger partial charge in [0, 0.05) is 16.5 Å². The van der Waals surface area contributed by atoms with Gasteiger partial charge >= 0.3 is 0 Å². The molecular formula is C18H10Cl2N2OS. The first-order valence-electron chi connectivity index (χ1n) is 7.16. The smallest absolute Gasteiger partial charge is 0.257 e. The van der Waals surface area contributed by atoms with E-state index >= 15 is 0 Å². The molecule has 0 spiro atoms. The number of nitrogens with one attached hydrogen (secondary N) is 1. The molecule has 2 heterocycles. The van der Waals surface area contributed by atoms with Crippen LogP contribution in [0.5, 0.6) is 0 Å². The normalized spacial score (nSPS) is 11.1. The van der Waals surface area contributed by atoms with E-state index in [1.54, 1.807) is 6.07 Å². The van der Waals surface area contributed by atoms with Gasteiger partial charge in [-0.1, -0.05) is 53.5 Å². The Morgan fingerprint density at radius 2 is 1.83 bits per heavy atom. The topological polar surface area (TPSA) is 45.8 Å². The average molecular weight is 373 g/mol. The summed E-state index contributed by atoms with van der Waals surface area (Å²) in [5.74, 6) is 0. The van der Waals surface area contributed by atoms with Crippen LogP contribution in [0, 0.1) is 0 Å². The number of thiazole rings is 1. The van der Waals surface area contributed by atoms with E-state index < -0.39 is 0 Å². The van der Waals surface area contributed by atoms with Gasteiger partial charge in [0.05, 0.1) is 21.3 Å². The Morgan fingerprint density at radius 1 is 1.00 bits per heavy atom. The Balaban J connectivity index is 1.85. The molecule has 4 aromatic rings. The largest absolute Gasteiger partial charge is 0.321 e. The molecule has 24 heavy (non-hydrogen) atoms. The lowest BCUT2D eigenvalue weighted by atomic mass is 10.1. The number of pyridine rings is 1. The highest BCUT2D eigenvalue weighted by molar-refractivity contribution is 7.13. The van der Waals surface area contributed by atoms with Gasteiger partial charge in [-0.15, -0.1) is 11.3 Å². The van der Waals surface area contributed by atoms with Crippen molar-refractivity contribution in [1.29, 1.82) is 0 Å². The van der Waals surface area contributed by atoms with Crippen LogP contribution in [0.25, 0.3) is 32.7 Å². The molecule has 1 N–H and O–H groups in total. The summed E-state index contributed by atoms with van der Waals surface area (Å²) in [6, 6.07) is 14.9. The van der Waals surface area contributed by atoms with Crippen LogP contribution >= 0.6 is 34.5 Å². The van der Waals surface area contributed by atoms with Crippen molar-refractivity contribution in [2.45, 2.75) is 0 Å². The minimum absolute atomic E-state index is 0.164. The summed E-state index contributed by atoms with van der Waals surface area (Å²) in [6.45, 7) is 0. The molecule has 0 amide bonds. The average Bonchev–Trinajstić information content (AvgIpc) is 3.06. The summed E-state index contributed by atoms with van der Waals surface area (Å²) in [6.07, 6.45) is 0. The second-order valence-corrected chi connectivity index (χ2v) is 6.88. The zero-order chi connectivity index (χ0) is 16.7. The molecule has 0 radical (unpaired) electrons. The van der Waals surface area contributed by atoms with Crippen molar-refractivity contribution in [1.82, 2.24) is 9.97 Å². The Morgan fingerprint density at radius 3 is 2.71 bits per heavy atom. The number of fused-ring (bicyclic) bond motifs is 1. The molecule has 0 unspecified atom stereocenters. The molecule has 0 fully saturated rings. The molecule has 118 valence electrons. The van der Waals surface area contributed by atoms with Gasteiger partial charge in [0.1, 0.15) is 5.01 Å². The fraction of sp³-hybridized carbons (Fsp3) is 0. The van der Waals surface area contributed by atoms with E-state index in [0.717, 1.165) is 21.5 Å². The van der Waals surface area contributed by atoms with Gasteiger partial charge in [-0.25, -0.2) is 4.98 Å². The Hall–Kier alpha value is -2.14. The van der Waals surface area contributed by atoms with Crippen molar-refractivity contribution in [3.8, 4) is 21.8 Å². The number of rotatable bonds is 2. The van der Waals surface area contributed by atoms with E-state index in [0.29, 0.717) is 21.3 Å². The van der Waals surface area contributed by atoms with Crippen LogP contribution in [0.15, 0.2) is 58.7 Å². The van der Waals surface area contributed by atoms with Gasteiger partial charge < -0.3 is 4.98 Å². The molecule has 0 saturated carbocycles. The van der Waals surface area contributed by atoms with Gasteiger partial charge in [0.25, 0.3) is 5.56 Å². The standard InChI is InChI=1S/C18H10Cl2N2OS/c19-13-6-3-5-11(16(13)20)18-22-15(9-24-18)12-8-10-4-1-2-7-14(10)21-17(12)23/h1-9H,(H,21,23). The highest BCUT2D eigenvalue weighted by Crippen LogP contribution is 2.36. The molecule has 0 aliphatic heterocycles. The quantitative estimate of drug-likeness (QED) is 0.495. The zero-order valence-electron chi connectivity index (χ0n) is 12.2. The molecule has 3 nitrogen and oxygen atoms in total. The fourth-order valence-corrected chi connectivity index (χ4v) is 3.82. The molecule has 0 aliphatic rings. The molecule has 0 bridgehead atoms. The molecule has 4 rings (SSSR count). The first-order chi connectivity index (χ1) is 11.6. The SMILES string of the molecule is O=c1[nH]c2ccccc2cc1-c1csc(-c2cccc(Cl)c2Cl)n1. The molecular weight excluding hydrogens is 363 g/mol. The Kier molecular flexibility index (Phi) is 3.88. The number of para-hydroxylation sites is 1. The number of benzene rings is 2. The van der Waals surface area contributed by atoms with Gasteiger partial charge in [0.2, 0.25) is 0 Å². The molecule has 2 aromatic heterocycles. The van der Waals surface area contributed by atoms with Crippen molar-refractivity contribution in [2.75, 3.05) is 0 Å². The molecule has 0 atom stereocenters. The highest BCUT2D eigenvalue weighted by atomic mass is 35.5. The second kappa shape index (κ2) is 6.06. The number of hydrogen-bond donors (Lipinski definition) is 1. The van der Waals surface area contributed by atoms with Gasteiger partial charge in [-0.05, 0) is 23.6 Å². The van der Waals surface area contributed by atoms with Crippen LogP contribution in [-0.2, 0) is 0 Å². The van der Waals surface area contributed by atoms with E-state index in [2.05, 4.69) is 9.97 Å². The maximum atomic E-state index is 12.4. The van der Waals surface area contributed by atoms with Crippen LogP contribution in [0.4, 0.5) is 0 Å². The van der Waals surface area contributed by atoms with E-state index in [9.17, 15) is 4.79 Å². The van der Waals surface area contributed by atoms with Crippen LogP contribution in [0.1, 0.15) is 0 Å². The molecule has 0 saturated heterocycles. The number of nitrogens with zero attached hydrogens (tertiary/aromatic N) is 1. The van der Waals surface area contributed by atoms with Crippen LogP contribution in [-0.4, -0.2) is 9.97 Å². The van der Waals surface area contributed by atoms with Crippen molar-refractivity contribution in [2.24, 2.45) is 0 Å². The number of H-pyrrole nitrogens is 1. The van der Waals surface area contributed by atoms with Crippen molar-refractivity contribution >= 4 is 45.4 Å². The van der Waals surface area contributed by atoms with Gasteiger partial charge in [-0.2, -0.15) is 0 Å². The fourth-order valence-electron chi connectivity index (χ4n) is 2.53. The lowest BCUT2D eigenvalue weighted by molar-refractivity contribution is 1.28. The van der Waals surface area contributed by atoms with Gasteiger partial charge in [-0.3, -0.25) is 4.79 Å². The lowest BCUT2D eigenvalue weighted by Crippen LogP contribution is -2.08. The molecule has 0 aliphatic carbocycles. The first-order valence-corrected chi connectivity index (χ1v) is 8.79. The summed E-state index contributed by atoms with van der Waals surface area (Å²) >= 11 is 13.8.